The number of hydrogen-bond donors (Lipinski definition) is 2. The molecule has 2 unspecified atom stereocenters. The van der Waals surface area contributed by atoms with E-state index in [2.05, 4.69) is 12.2 Å². The van der Waals surface area contributed by atoms with Gasteiger partial charge in [0.05, 0.1) is 19.3 Å². The van der Waals surface area contributed by atoms with Crippen LogP contribution >= 0.6 is 0 Å². The van der Waals surface area contributed by atoms with Crippen LogP contribution in [0.15, 0.2) is 0 Å². The number of hydrogen-bond acceptors (Lipinski definition) is 6. The average Bonchev–Trinajstić information content (AvgIpc) is 3.27. The van der Waals surface area contributed by atoms with E-state index in [9.17, 15) is 9.90 Å². The first kappa shape index (κ1) is 22.8. The summed E-state index contributed by atoms with van der Waals surface area (Å²) in [4.78, 5) is 12.4. The van der Waals surface area contributed by atoms with Crippen molar-refractivity contribution < 1.29 is 28.8 Å². The molecule has 0 bridgehead atoms. The lowest BCUT2D eigenvalue weighted by atomic mass is 9.85. The zero-order chi connectivity index (χ0) is 21.1. The molecular weight excluding hydrogens is 374 g/mol. The highest BCUT2D eigenvalue weighted by Gasteiger charge is 2.50. The second-order valence-electron chi connectivity index (χ2n) is 9.78. The number of aliphatic hydroxyl groups is 1. The first-order valence-electron chi connectivity index (χ1n) is 11.3. The number of alkyl carbamates (subject to hydrolysis) is 1. The van der Waals surface area contributed by atoms with E-state index in [0.717, 1.165) is 25.7 Å². The van der Waals surface area contributed by atoms with Crippen LogP contribution in [0.2, 0.25) is 0 Å². The first-order valence-corrected chi connectivity index (χ1v) is 11.3. The topological polar surface area (TPSA) is 86.3 Å². The number of aliphatic hydroxyl groups excluding tert-OH is 1. The van der Waals surface area contributed by atoms with E-state index < -0.39 is 17.7 Å². The molecule has 1 amide bonds. The molecule has 5 atom stereocenters. The molecule has 1 saturated carbocycles. The number of fused-ring (bicyclic) bond motifs is 1. The van der Waals surface area contributed by atoms with Crippen molar-refractivity contribution in [1.82, 2.24) is 5.32 Å². The second kappa shape index (κ2) is 9.50. The monoisotopic (exact) mass is 413 g/mol. The van der Waals surface area contributed by atoms with Gasteiger partial charge in [-0.3, -0.25) is 0 Å². The SMILES string of the molecule is CCCCCC1(CC[C@H]2C(NC(=O)OC(C)(C)C)C[C@@H]3OC(O)C[C@@H]32)OCCO1. The van der Waals surface area contributed by atoms with Crippen LogP contribution in [-0.4, -0.2) is 54.2 Å². The smallest absolute Gasteiger partial charge is 0.407 e. The average molecular weight is 414 g/mol. The van der Waals surface area contributed by atoms with E-state index >= 15 is 0 Å². The summed E-state index contributed by atoms with van der Waals surface area (Å²) in [6.07, 6.45) is 6.22. The van der Waals surface area contributed by atoms with Crippen LogP contribution in [0.4, 0.5) is 4.79 Å². The largest absolute Gasteiger partial charge is 0.444 e. The number of rotatable bonds is 8. The van der Waals surface area contributed by atoms with E-state index in [1.807, 2.05) is 20.8 Å². The third-order valence-corrected chi connectivity index (χ3v) is 6.37. The lowest BCUT2D eigenvalue weighted by Crippen LogP contribution is -2.43. The number of nitrogens with one attached hydrogen (secondary N) is 1. The molecule has 2 saturated heterocycles. The standard InChI is InChI=1S/C22H39NO6/c1-5-6-7-9-22(26-11-12-27-22)10-8-15-16-13-19(24)28-18(16)14-17(15)23-20(25)29-21(2,3)4/h15-19,24H,5-14H2,1-4H3,(H,23,25)/t15-,16-,17?,18+,19?/m1/s1. The molecule has 168 valence electrons. The lowest BCUT2D eigenvalue weighted by Gasteiger charge is -2.32. The molecule has 0 spiro atoms. The van der Waals surface area contributed by atoms with Gasteiger partial charge in [-0.25, -0.2) is 4.79 Å². The summed E-state index contributed by atoms with van der Waals surface area (Å²) in [5.41, 5.74) is -0.532. The Balaban J connectivity index is 1.63. The predicted molar refractivity (Wildman–Crippen MR) is 108 cm³/mol. The van der Waals surface area contributed by atoms with E-state index in [-0.39, 0.29) is 30.1 Å². The normalized spacial score (nSPS) is 33.6. The lowest BCUT2D eigenvalue weighted by molar-refractivity contribution is -0.170. The highest BCUT2D eigenvalue weighted by Crippen LogP contribution is 2.46. The molecule has 0 aromatic carbocycles. The van der Waals surface area contributed by atoms with Gasteiger partial charge in [-0.2, -0.15) is 0 Å². The van der Waals surface area contributed by atoms with Crippen LogP contribution in [0, 0.1) is 11.8 Å². The van der Waals surface area contributed by atoms with Gasteiger partial charge in [0.2, 0.25) is 0 Å². The fourth-order valence-electron chi connectivity index (χ4n) is 5.13. The summed E-state index contributed by atoms with van der Waals surface area (Å²) >= 11 is 0. The van der Waals surface area contributed by atoms with Crippen LogP contribution in [0.5, 0.6) is 0 Å². The molecule has 7 heteroatoms. The van der Waals surface area contributed by atoms with Crippen LogP contribution in [-0.2, 0) is 18.9 Å². The van der Waals surface area contributed by atoms with E-state index in [0.29, 0.717) is 26.1 Å². The van der Waals surface area contributed by atoms with Crippen molar-refractivity contribution in [3.05, 3.63) is 0 Å². The molecule has 3 aliphatic rings. The molecule has 0 radical (unpaired) electrons. The third kappa shape index (κ3) is 6.06. The Morgan fingerprint density at radius 2 is 1.90 bits per heavy atom. The molecular formula is C22H39NO6. The molecule has 2 N–H and O–H groups in total. The Bertz CT molecular complexity index is 542. The molecule has 7 nitrogen and oxygen atoms in total. The van der Waals surface area contributed by atoms with Crippen LogP contribution in [0.25, 0.3) is 0 Å². The Hall–Kier alpha value is -0.890. The molecule has 2 aliphatic heterocycles. The van der Waals surface area contributed by atoms with Crippen LogP contribution < -0.4 is 5.32 Å². The zero-order valence-electron chi connectivity index (χ0n) is 18.4. The van der Waals surface area contributed by atoms with Gasteiger partial charge in [-0.15, -0.1) is 0 Å². The minimum Gasteiger partial charge on any atom is -0.444 e. The van der Waals surface area contributed by atoms with Crippen molar-refractivity contribution >= 4 is 6.09 Å². The zero-order valence-corrected chi connectivity index (χ0v) is 18.4. The summed E-state index contributed by atoms with van der Waals surface area (Å²) in [5, 5.41) is 13.0. The van der Waals surface area contributed by atoms with Crippen LogP contribution in [0.1, 0.15) is 79.1 Å². The molecule has 2 heterocycles. The fraction of sp³-hybridized carbons (Fsp3) is 0.955. The Kier molecular flexibility index (Phi) is 7.46. The van der Waals surface area contributed by atoms with E-state index in [1.54, 1.807) is 0 Å². The number of carbonyl (C=O) groups is 1. The third-order valence-electron chi connectivity index (χ3n) is 6.37. The summed E-state index contributed by atoms with van der Waals surface area (Å²) in [7, 11) is 0. The van der Waals surface area contributed by atoms with E-state index in [1.165, 1.54) is 12.8 Å². The van der Waals surface area contributed by atoms with Crippen molar-refractivity contribution in [2.75, 3.05) is 13.2 Å². The highest BCUT2D eigenvalue weighted by atomic mass is 16.7. The van der Waals surface area contributed by atoms with Gasteiger partial charge in [0.15, 0.2) is 12.1 Å². The predicted octanol–water partition coefficient (Wildman–Crippen LogP) is 3.73. The van der Waals surface area contributed by atoms with Crippen molar-refractivity contribution in [2.45, 2.75) is 109 Å². The van der Waals surface area contributed by atoms with Gasteiger partial charge in [-0.1, -0.05) is 19.8 Å². The maximum absolute atomic E-state index is 12.4. The molecule has 3 rings (SSSR count). The Labute approximate surface area is 174 Å². The summed E-state index contributed by atoms with van der Waals surface area (Å²) in [6.45, 7) is 9.07. The molecule has 3 fully saturated rings. The van der Waals surface area contributed by atoms with Crippen molar-refractivity contribution in [3.63, 3.8) is 0 Å². The Morgan fingerprint density at radius 3 is 2.55 bits per heavy atom. The summed E-state index contributed by atoms with van der Waals surface area (Å²) < 4.78 is 23.3. The second-order valence-corrected chi connectivity index (χ2v) is 9.78. The maximum atomic E-state index is 12.4. The van der Waals surface area contributed by atoms with Crippen molar-refractivity contribution in [2.24, 2.45) is 11.8 Å². The van der Waals surface area contributed by atoms with Gasteiger partial charge in [0.25, 0.3) is 0 Å². The molecule has 1 aliphatic carbocycles. The van der Waals surface area contributed by atoms with Gasteiger partial charge in [-0.05, 0) is 51.9 Å². The maximum Gasteiger partial charge on any atom is 0.407 e. The Morgan fingerprint density at radius 1 is 1.17 bits per heavy atom. The fourth-order valence-corrected chi connectivity index (χ4v) is 5.13. The molecule has 0 aromatic rings. The first-order chi connectivity index (χ1) is 13.7. The molecule has 0 aromatic heterocycles. The summed E-state index contributed by atoms with van der Waals surface area (Å²) in [6, 6.07) is -0.0264. The minimum absolute atomic E-state index is 0.0172. The van der Waals surface area contributed by atoms with Gasteiger partial charge < -0.3 is 29.4 Å². The number of carbonyl (C=O) groups excluding carboxylic acids is 1. The number of amides is 1. The van der Waals surface area contributed by atoms with Crippen molar-refractivity contribution in [1.29, 1.82) is 0 Å². The number of unbranched alkanes of at least 4 members (excludes halogenated alkanes) is 2. The quantitative estimate of drug-likeness (QED) is 0.590. The summed E-state index contributed by atoms with van der Waals surface area (Å²) in [5.74, 6) is -0.0542. The molecule has 29 heavy (non-hydrogen) atoms. The van der Waals surface area contributed by atoms with Crippen LogP contribution in [0.3, 0.4) is 0 Å². The highest BCUT2D eigenvalue weighted by molar-refractivity contribution is 5.68. The minimum atomic E-state index is -0.701. The van der Waals surface area contributed by atoms with Gasteiger partial charge >= 0.3 is 6.09 Å². The number of ether oxygens (including phenoxy) is 4. The van der Waals surface area contributed by atoms with Gasteiger partial charge in [0.1, 0.15) is 5.60 Å². The van der Waals surface area contributed by atoms with E-state index in [4.69, 9.17) is 18.9 Å². The van der Waals surface area contributed by atoms with Gasteiger partial charge in [0, 0.05) is 25.3 Å². The van der Waals surface area contributed by atoms with Crippen molar-refractivity contribution in [3.8, 4) is 0 Å².